The van der Waals surface area contributed by atoms with Crippen LogP contribution in [0.5, 0.6) is 0 Å². The lowest BCUT2D eigenvalue weighted by Crippen LogP contribution is -2.06. The molecule has 0 saturated carbocycles. The number of imidazole rings is 1. The lowest BCUT2D eigenvalue weighted by atomic mass is 10.6. The minimum Gasteiger partial charge on any atom is -0.331 e. The van der Waals surface area contributed by atoms with Crippen LogP contribution in [0, 0.1) is 0 Å². The van der Waals surface area contributed by atoms with Crippen molar-refractivity contribution in [2.24, 2.45) is 0 Å². The third kappa shape index (κ3) is 1.45. The van der Waals surface area contributed by atoms with E-state index in [1.54, 1.807) is 0 Å². The van der Waals surface area contributed by atoms with Gasteiger partial charge < -0.3 is 10.3 Å². The largest absolute Gasteiger partial charge is 0.331 e. The summed E-state index contributed by atoms with van der Waals surface area (Å²) in [5.41, 5.74) is 0. The number of nitrogens with zero attached hydrogens (tertiary/aromatic N) is 1. The predicted octanol–water partition coefficient (Wildman–Crippen LogP) is 0.534. The van der Waals surface area contributed by atoms with Crippen LogP contribution in [0.4, 0.5) is 5.82 Å². The maximum Gasteiger partial charge on any atom is 0.248 e. The molecule has 0 bridgehead atoms. The van der Waals surface area contributed by atoms with E-state index in [4.69, 9.17) is 0 Å². The minimum atomic E-state index is -0.246. The number of nitrogens with one attached hydrogen (secondary N) is 2. The van der Waals surface area contributed by atoms with Crippen molar-refractivity contribution in [3.8, 4) is 0 Å². The summed E-state index contributed by atoms with van der Waals surface area (Å²) < 4.78 is 0. The molecular weight excluding hydrogens is 130 g/mol. The van der Waals surface area contributed by atoms with Gasteiger partial charge in [-0.1, -0.05) is 6.58 Å². The molecule has 0 radical (unpaired) electrons. The van der Waals surface area contributed by atoms with Crippen molar-refractivity contribution in [1.29, 1.82) is 0 Å². The summed E-state index contributed by atoms with van der Waals surface area (Å²) in [6.07, 6.45) is 4.20. The van der Waals surface area contributed by atoms with Crippen LogP contribution in [-0.4, -0.2) is 15.9 Å². The first-order valence-electron chi connectivity index (χ1n) is 2.74. The quantitative estimate of drug-likeness (QED) is 0.584. The van der Waals surface area contributed by atoms with E-state index in [9.17, 15) is 4.79 Å². The van der Waals surface area contributed by atoms with Gasteiger partial charge in [0.2, 0.25) is 5.91 Å². The lowest BCUT2D eigenvalue weighted by molar-refractivity contribution is -0.111. The van der Waals surface area contributed by atoms with Gasteiger partial charge in [-0.25, -0.2) is 4.98 Å². The number of aromatic amines is 1. The molecule has 0 aliphatic carbocycles. The van der Waals surface area contributed by atoms with Gasteiger partial charge in [-0.2, -0.15) is 0 Å². The number of H-pyrrole nitrogens is 1. The average molecular weight is 137 g/mol. The van der Waals surface area contributed by atoms with E-state index < -0.39 is 0 Å². The van der Waals surface area contributed by atoms with Gasteiger partial charge in [0.25, 0.3) is 0 Å². The molecule has 1 aromatic heterocycles. The summed E-state index contributed by atoms with van der Waals surface area (Å²) in [5.74, 6) is 0.328. The SMILES string of the molecule is C=CC(=O)Nc1cnc[nH]1. The first-order chi connectivity index (χ1) is 4.83. The van der Waals surface area contributed by atoms with Crippen LogP contribution in [0.3, 0.4) is 0 Å². The normalized spacial score (nSPS) is 8.80. The standard InChI is InChI=1S/C6H7N3O/c1-2-6(10)9-5-3-7-4-8-5/h2-4H,1H2,(H,7,8)(H,9,10). The molecule has 2 N–H and O–H groups in total. The number of carbonyl (C=O) groups excluding carboxylic acids is 1. The van der Waals surface area contributed by atoms with Gasteiger partial charge in [0.1, 0.15) is 5.82 Å². The highest BCUT2D eigenvalue weighted by Crippen LogP contribution is 1.96. The third-order valence-corrected chi connectivity index (χ3v) is 0.941. The molecule has 0 aliphatic rings. The van der Waals surface area contributed by atoms with Crippen molar-refractivity contribution in [3.63, 3.8) is 0 Å². The maximum atomic E-state index is 10.6. The first-order valence-corrected chi connectivity index (χ1v) is 2.74. The van der Waals surface area contributed by atoms with Crippen LogP contribution in [0.25, 0.3) is 0 Å². The monoisotopic (exact) mass is 137 g/mol. The molecule has 4 heteroatoms. The summed E-state index contributed by atoms with van der Waals surface area (Å²) in [7, 11) is 0. The van der Waals surface area contributed by atoms with E-state index in [0.717, 1.165) is 0 Å². The van der Waals surface area contributed by atoms with Crippen molar-refractivity contribution in [2.45, 2.75) is 0 Å². The number of hydrogen-bond donors (Lipinski definition) is 2. The van der Waals surface area contributed by atoms with Crippen LogP contribution in [0.1, 0.15) is 0 Å². The molecule has 0 aliphatic heterocycles. The Labute approximate surface area is 58.0 Å². The molecule has 0 aromatic carbocycles. The molecule has 0 atom stereocenters. The number of hydrogen-bond acceptors (Lipinski definition) is 2. The number of aromatic nitrogens is 2. The fraction of sp³-hybridized carbons (Fsp3) is 0. The molecule has 1 heterocycles. The highest BCUT2D eigenvalue weighted by molar-refractivity contribution is 5.98. The Bertz CT molecular complexity index is 227. The summed E-state index contributed by atoms with van der Waals surface area (Å²) in [5, 5.41) is 2.50. The molecule has 4 nitrogen and oxygen atoms in total. The second-order valence-electron chi connectivity index (χ2n) is 1.66. The predicted molar refractivity (Wildman–Crippen MR) is 37.4 cm³/mol. The second-order valence-corrected chi connectivity index (χ2v) is 1.66. The van der Waals surface area contributed by atoms with Crippen LogP contribution in [-0.2, 0) is 4.79 Å². The smallest absolute Gasteiger partial charge is 0.248 e. The molecule has 1 amide bonds. The summed E-state index contributed by atoms with van der Waals surface area (Å²) in [4.78, 5) is 17.0. The van der Waals surface area contributed by atoms with Crippen molar-refractivity contribution in [3.05, 3.63) is 25.2 Å². The van der Waals surface area contributed by atoms with Crippen LogP contribution in [0.15, 0.2) is 25.2 Å². The lowest BCUT2D eigenvalue weighted by Gasteiger charge is -1.93. The molecule has 10 heavy (non-hydrogen) atoms. The highest BCUT2D eigenvalue weighted by atomic mass is 16.1. The van der Waals surface area contributed by atoms with Crippen molar-refractivity contribution >= 4 is 11.7 Å². The zero-order valence-electron chi connectivity index (χ0n) is 5.29. The van der Waals surface area contributed by atoms with Crippen LogP contribution >= 0.6 is 0 Å². The molecule has 0 spiro atoms. The van der Waals surface area contributed by atoms with Crippen molar-refractivity contribution < 1.29 is 4.79 Å². The van der Waals surface area contributed by atoms with Gasteiger partial charge in [0.15, 0.2) is 0 Å². The third-order valence-electron chi connectivity index (χ3n) is 0.941. The topological polar surface area (TPSA) is 57.8 Å². The molecule has 1 rings (SSSR count). The highest BCUT2D eigenvalue weighted by Gasteiger charge is 1.94. The fourth-order valence-corrected chi connectivity index (χ4v) is 0.508. The van der Waals surface area contributed by atoms with E-state index in [1.807, 2.05) is 0 Å². The van der Waals surface area contributed by atoms with Gasteiger partial charge in [-0.05, 0) is 6.08 Å². The zero-order valence-corrected chi connectivity index (χ0v) is 5.29. The molecule has 1 aromatic rings. The number of amides is 1. The summed E-state index contributed by atoms with van der Waals surface area (Å²) >= 11 is 0. The first kappa shape index (κ1) is 6.54. The Morgan fingerprint density at radius 1 is 1.90 bits per heavy atom. The molecule has 0 saturated heterocycles. The average Bonchev–Trinajstić information content (AvgIpc) is 2.40. The molecule has 0 unspecified atom stereocenters. The fourth-order valence-electron chi connectivity index (χ4n) is 0.508. The van der Waals surface area contributed by atoms with E-state index in [1.165, 1.54) is 18.6 Å². The molecule has 0 fully saturated rings. The van der Waals surface area contributed by atoms with E-state index in [-0.39, 0.29) is 5.91 Å². The Balaban J connectivity index is 2.56. The minimum absolute atomic E-state index is 0.246. The van der Waals surface area contributed by atoms with Crippen molar-refractivity contribution in [2.75, 3.05) is 5.32 Å². The summed E-state index contributed by atoms with van der Waals surface area (Å²) in [6, 6.07) is 0. The van der Waals surface area contributed by atoms with Crippen molar-refractivity contribution in [1.82, 2.24) is 9.97 Å². The van der Waals surface area contributed by atoms with Gasteiger partial charge in [-0.3, -0.25) is 4.79 Å². The Kier molecular flexibility index (Phi) is 1.84. The Morgan fingerprint density at radius 2 is 2.70 bits per heavy atom. The molecular formula is C6H7N3O. The van der Waals surface area contributed by atoms with Gasteiger partial charge >= 0.3 is 0 Å². The van der Waals surface area contributed by atoms with Gasteiger partial charge in [0.05, 0.1) is 12.5 Å². The number of carbonyl (C=O) groups is 1. The van der Waals surface area contributed by atoms with Crippen LogP contribution in [0.2, 0.25) is 0 Å². The van der Waals surface area contributed by atoms with Gasteiger partial charge in [-0.15, -0.1) is 0 Å². The van der Waals surface area contributed by atoms with Crippen LogP contribution < -0.4 is 5.32 Å². The number of anilines is 1. The Hall–Kier alpha value is -1.58. The van der Waals surface area contributed by atoms with E-state index in [0.29, 0.717) is 5.82 Å². The summed E-state index contributed by atoms with van der Waals surface area (Å²) in [6.45, 7) is 3.29. The number of rotatable bonds is 2. The van der Waals surface area contributed by atoms with E-state index >= 15 is 0 Å². The second kappa shape index (κ2) is 2.82. The maximum absolute atomic E-state index is 10.6. The van der Waals surface area contributed by atoms with E-state index in [2.05, 4.69) is 21.9 Å². The Morgan fingerprint density at radius 3 is 3.20 bits per heavy atom. The molecule has 52 valence electrons. The van der Waals surface area contributed by atoms with Gasteiger partial charge in [0, 0.05) is 0 Å². The zero-order chi connectivity index (χ0) is 7.40.